The van der Waals surface area contributed by atoms with Crippen LogP contribution >= 0.6 is 0 Å². The number of nitrogens with one attached hydrogen (secondary N) is 1. The highest BCUT2D eigenvalue weighted by Gasteiger charge is 2.20. The first kappa shape index (κ1) is 22.2. The molecule has 0 unspecified atom stereocenters. The van der Waals surface area contributed by atoms with E-state index in [4.69, 9.17) is 0 Å². The molecule has 5 N–H and O–H groups in total. The summed E-state index contributed by atoms with van der Waals surface area (Å²) in [4.78, 5) is 10.4. The molecule has 0 aliphatic carbocycles. The normalized spacial score (nSPS) is 20.5. The highest BCUT2D eigenvalue weighted by atomic mass is 32.2. The third kappa shape index (κ3) is 7.61. The van der Waals surface area contributed by atoms with Crippen molar-refractivity contribution in [3.8, 4) is 0 Å². The Morgan fingerprint density at radius 2 is 1.59 bits per heavy atom. The number of nitrogens with zero attached hydrogens (tertiary/aromatic N) is 1. The van der Waals surface area contributed by atoms with Crippen LogP contribution in [0.15, 0.2) is 28.1 Å². The molecular formula is C9H17N3O8S2. The number of amides is 1. The molecule has 2 aliphatic heterocycles. The first-order valence-corrected chi connectivity index (χ1v) is 7.60. The molecule has 13 heteroatoms. The summed E-state index contributed by atoms with van der Waals surface area (Å²) in [7, 11) is -7.82. The van der Waals surface area contributed by atoms with Gasteiger partial charge in [0.1, 0.15) is 11.5 Å². The fourth-order valence-electron chi connectivity index (χ4n) is 1.07. The number of hydrogen-bond donors (Lipinski definition) is 2. The van der Waals surface area contributed by atoms with Crippen molar-refractivity contribution in [3.63, 3.8) is 0 Å². The van der Waals surface area contributed by atoms with Crippen LogP contribution in [0.5, 0.6) is 0 Å². The van der Waals surface area contributed by atoms with Crippen LogP contribution in [0, 0.1) is 0 Å². The topological polar surface area (TPSA) is 188 Å². The lowest BCUT2D eigenvalue weighted by Gasteiger charge is -2.12. The van der Waals surface area contributed by atoms with Gasteiger partial charge in [-0.1, -0.05) is 7.43 Å². The Kier molecular flexibility index (Phi) is 7.82. The number of carbonyl (C=O) groups is 1. The predicted octanol–water partition coefficient (Wildman–Crippen LogP) is -0.782. The van der Waals surface area contributed by atoms with Gasteiger partial charge in [0.15, 0.2) is 0 Å². The summed E-state index contributed by atoms with van der Waals surface area (Å²) >= 11 is 0. The third-order valence-electron chi connectivity index (χ3n) is 1.57. The Bertz CT molecular complexity index is 712. The van der Waals surface area contributed by atoms with Crippen LogP contribution in [0.25, 0.3) is 0 Å². The van der Waals surface area contributed by atoms with Crippen molar-refractivity contribution in [3.05, 3.63) is 23.7 Å². The maximum Gasteiger partial charge on any atom is 0.427 e. The number of rotatable bonds is 0. The SMILES string of the molecule is C.CC1=CC(=O)NS(=O)(=O)O1.CC1=CC([O-])=NS(=O)(=O)O1.[NH4+]. The highest BCUT2D eigenvalue weighted by Crippen LogP contribution is 2.09. The van der Waals surface area contributed by atoms with Gasteiger partial charge in [-0.15, -0.1) is 4.40 Å². The average molecular weight is 359 g/mol. The highest BCUT2D eigenvalue weighted by molar-refractivity contribution is 7.85. The van der Waals surface area contributed by atoms with Crippen LogP contribution in [0.2, 0.25) is 0 Å². The van der Waals surface area contributed by atoms with Crippen molar-refractivity contribution in [2.24, 2.45) is 4.40 Å². The fourth-order valence-corrected chi connectivity index (χ4v) is 2.51. The van der Waals surface area contributed by atoms with Crippen molar-refractivity contribution in [1.82, 2.24) is 10.9 Å². The quantitative estimate of drug-likeness (QED) is 0.563. The summed E-state index contributed by atoms with van der Waals surface area (Å²) in [5.41, 5.74) is 0. The Balaban J connectivity index is 0. The summed E-state index contributed by atoms with van der Waals surface area (Å²) < 4.78 is 54.6. The molecule has 0 aromatic heterocycles. The number of hydrogen-bond acceptors (Lipinski definition) is 8. The van der Waals surface area contributed by atoms with Crippen molar-refractivity contribution < 1.29 is 35.1 Å². The maximum atomic E-state index is 10.5. The molecule has 128 valence electrons. The van der Waals surface area contributed by atoms with Gasteiger partial charge in [0, 0.05) is 12.0 Å². The Hall–Kier alpha value is -2.12. The third-order valence-corrected chi connectivity index (χ3v) is 3.38. The second-order valence-electron chi connectivity index (χ2n) is 3.45. The van der Waals surface area contributed by atoms with Crippen molar-refractivity contribution in [2.45, 2.75) is 21.3 Å². The van der Waals surface area contributed by atoms with Gasteiger partial charge in [0.2, 0.25) is 0 Å². The van der Waals surface area contributed by atoms with Gasteiger partial charge in [-0.2, -0.15) is 16.8 Å². The summed E-state index contributed by atoms with van der Waals surface area (Å²) in [6.07, 6.45) is 2.06. The van der Waals surface area contributed by atoms with Gasteiger partial charge in [-0.3, -0.25) is 4.79 Å². The van der Waals surface area contributed by atoms with Gasteiger partial charge >= 0.3 is 20.6 Å². The minimum atomic E-state index is -3.97. The second kappa shape index (κ2) is 7.77. The Morgan fingerprint density at radius 1 is 1.09 bits per heavy atom. The standard InChI is InChI=1S/2C4H5NO4S.CH4.H3N/c2*1-3-2-4(6)5-10(7,8)9-3;;/h2*2H,1H3,(H,5,6);1H4;1H3. The number of allylic oxidation sites excluding steroid dienone is 2. The van der Waals surface area contributed by atoms with E-state index in [1.165, 1.54) is 13.8 Å². The molecule has 1 amide bonds. The minimum Gasteiger partial charge on any atom is -0.858 e. The van der Waals surface area contributed by atoms with Gasteiger partial charge < -0.3 is 19.6 Å². The lowest BCUT2D eigenvalue weighted by atomic mass is 10.5. The van der Waals surface area contributed by atoms with Gasteiger partial charge in [0.25, 0.3) is 5.91 Å². The van der Waals surface area contributed by atoms with E-state index >= 15 is 0 Å². The van der Waals surface area contributed by atoms with Crippen LogP contribution in [-0.4, -0.2) is 28.6 Å². The molecule has 11 nitrogen and oxygen atoms in total. The molecule has 0 saturated heterocycles. The van der Waals surface area contributed by atoms with Crippen LogP contribution in [0.3, 0.4) is 0 Å². The fraction of sp³-hybridized carbons (Fsp3) is 0.333. The molecule has 22 heavy (non-hydrogen) atoms. The molecule has 0 fully saturated rings. The summed E-state index contributed by atoms with van der Waals surface area (Å²) in [6.45, 7) is 2.75. The first-order chi connectivity index (χ1) is 8.99. The molecular weight excluding hydrogens is 342 g/mol. The molecule has 0 saturated carbocycles. The average Bonchev–Trinajstić information content (AvgIpc) is 2.08. The molecule has 2 heterocycles. The molecule has 0 spiro atoms. The van der Waals surface area contributed by atoms with Crippen LogP contribution in [0.4, 0.5) is 0 Å². The molecule has 0 bridgehead atoms. The van der Waals surface area contributed by atoms with Crippen LogP contribution in [-0.2, 0) is 33.8 Å². The molecule has 2 aliphatic rings. The zero-order valence-electron chi connectivity index (χ0n) is 11.2. The summed E-state index contributed by atoms with van der Waals surface area (Å²) in [5.74, 6) is -1.36. The van der Waals surface area contributed by atoms with E-state index in [1.54, 1.807) is 4.72 Å². The van der Waals surface area contributed by atoms with Gasteiger partial charge in [-0.25, -0.2) is 4.72 Å². The smallest absolute Gasteiger partial charge is 0.427 e. The van der Waals surface area contributed by atoms with E-state index < -0.39 is 32.4 Å². The number of carbonyl (C=O) groups excluding carboxylic acids is 1. The summed E-state index contributed by atoms with van der Waals surface area (Å²) in [5, 5.41) is 10.4. The lowest BCUT2D eigenvalue weighted by Crippen LogP contribution is -2.34. The summed E-state index contributed by atoms with van der Waals surface area (Å²) in [6, 6.07) is 0. The first-order valence-electron chi connectivity index (χ1n) is 4.83. The molecule has 0 radical (unpaired) electrons. The molecule has 0 atom stereocenters. The van der Waals surface area contributed by atoms with Crippen LogP contribution < -0.4 is 16.0 Å². The van der Waals surface area contributed by atoms with Gasteiger partial charge in [-0.05, 0) is 19.9 Å². The minimum absolute atomic E-state index is 0. The number of quaternary nitrogens is 1. The van der Waals surface area contributed by atoms with E-state index in [0.717, 1.165) is 12.2 Å². The Morgan fingerprint density at radius 3 is 1.95 bits per heavy atom. The van der Waals surface area contributed by atoms with E-state index in [9.17, 15) is 26.7 Å². The zero-order chi connectivity index (χ0) is 15.6. The Labute approximate surface area is 128 Å². The largest absolute Gasteiger partial charge is 0.858 e. The van der Waals surface area contributed by atoms with Crippen molar-refractivity contribution in [2.75, 3.05) is 0 Å². The molecule has 0 aromatic rings. The van der Waals surface area contributed by atoms with Crippen molar-refractivity contribution in [1.29, 1.82) is 0 Å². The van der Waals surface area contributed by atoms with E-state index in [2.05, 4.69) is 12.8 Å². The zero-order valence-corrected chi connectivity index (χ0v) is 12.8. The predicted molar refractivity (Wildman–Crippen MR) is 75.8 cm³/mol. The van der Waals surface area contributed by atoms with E-state index in [0.29, 0.717) is 0 Å². The maximum absolute atomic E-state index is 10.5. The monoisotopic (exact) mass is 359 g/mol. The molecule has 0 aromatic carbocycles. The van der Waals surface area contributed by atoms with Crippen molar-refractivity contribution >= 4 is 32.4 Å². The van der Waals surface area contributed by atoms with E-state index in [-0.39, 0.29) is 25.1 Å². The lowest BCUT2D eigenvalue weighted by molar-refractivity contribution is -0.211. The molecule has 2 rings (SSSR count). The van der Waals surface area contributed by atoms with E-state index in [1.807, 2.05) is 0 Å². The van der Waals surface area contributed by atoms with Crippen LogP contribution in [0.1, 0.15) is 21.3 Å². The second-order valence-corrected chi connectivity index (χ2v) is 5.94. The van der Waals surface area contributed by atoms with Gasteiger partial charge in [0.05, 0.1) is 0 Å².